The van der Waals surface area contributed by atoms with Gasteiger partial charge in [-0.15, -0.1) is 0 Å². The molecule has 1 aromatic carbocycles. The average Bonchev–Trinajstić information content (AvgIpc) is 2.71. The van der Waals surface area contributed by atoms with Crippen LogP contribution >= 0.6 is 34.8 Å². The fourth-order valence-electron chi connectivity index (χ4n) is 2.88. The van der Waals surface area contributed by atoms with E-state index in [1.54, 1.807) is 18.2 Å². The lowest BCUT2D eigenvalue weighted by Crippen LogP contribution is -2.21. The van der Waals surface area contributed by atoms with Gasteiger partial charge in [-0.1, -0.05) is 40.9 Å². The summed E-state index contributed by atoms with van der Waals surface area (Å²) in [5, 5.41) is 29.1. The Morgan fingerprint density at radius 2 is 1.72 bits per heavy atom. The number of halogens is 3. The Balaban J connectivity index is 2.34. The number of aliphatic hydroxyl groups is 3. The third-order valence-corrected chi connectivity index (χ3v) is 5.21. The molecular formula is C19H17Cl3N2O5. The van der Waals surface area contributed by atoms with Crippen LogP contribution < -0.4 is 10.2 Å². The minimum atomic E-state index is -0.542. The fourth-order valence-corrected chi connectivity index (χ4v) is 3.67. The van der Waals surface area contributed by atoms with Crippen LogP contribution in [0.5, 0.6) is 5.88 Å². The van der Waals surface area contributed by atoms with E-state index in [-0.39, 0.29) is 57.4 Å². The third kappa shape index (κ3) is 4.21. The highest BCUT2D eigenvalue weighted by Gasteiger charge is 2.21. The molecule has 0 saturated carbocycles. The minimum absolute atomic E-state index is 0.0253. The molecule has 0 radical (unpaired) electrons. The highest BCUT2D eigenvalue weighted by atomic mass is 35.5. The van der Waals surface area contributed by atoms with Crippen LogP contribution in [-0.2, 0) is 6.61 Å². The van der Waals surface area contributed by atoms with Crippen LogP contribution in [0.1, 0.15) is 5.69 Å². The van der Waals surface area contributed by atoms with Crippen LogP contribution in [0.3, 0.4) is 0 Å². The van der Waals surface area contributed by atoms with Gasteiger partial charge in [0.25, 0.3) is 0 Å². The Morgan fingerprint density at radius 3 is 2.31 bits per heavy atom. The molecule has 29 heavy (non-hydrogen) atoms. The van der Waals surface area contributed by atoms with Crippen LogP contribution in [0.2, 0.25) is 15.1 Å². The van der Waals surface area contributed by atoms with E-state index in [9.17, 15) is 20.1 Å². The van der Waals surface area contributed by atoms with Gasteiger partial charge in [-0.05, 0) is 12.1 Å². The number of nitrogens with zero attached hydrogens (tertiary/aromatic N) is 2. The van der Waals surface area contributed by atoms with Gasteiger partial charge < -0.3 is 24.6 Å². The lowest BCUT2D eigenvalue weighted by molar-refractivity contribution is 0.105. The number of aromatic nitrogens is 2. The van der Waals surface area contributed by atoms with E-state index in [0.717, 1.165) is 0 Å². The van der Waals surface area contributed by atoms with E-state index < -0.39 is 18.0 Å². The van der Waals surface area contributed by atoms with Crippen LogP contribution in [0, 0.1) is 5.92 Å². The number of ether oxygens (including phenoxy) is 1. The van der Waals surface area contributed by atoms with E-state index >= 15 is 0 Å². The summed E-state index contributed by atoms with van der Waals surface area (Å²) in [5.74, 6) is -0.567. The molecule has 0 bridgehead atoms. The summed E-state index contributed by atoms with van der Waals surface area (Å²) in [6.07, 6.45) is 1.30. The van der Waals surface area contributed by atoms with Crippen molar-refractivity contribution in [1.82, 2.24) is 9.55 Å². The van der Waals surface area contributed by atoms with Crippen molar-refractivity contribution >= 4 is 45.7 Å². The number of para-hydroxylation sites is 1. The zero-order valence-electron chi connectivity index (χ0n) is 15.0. The van der Waals surface area contributed by atoms with Gasteiger partial charge in [0.15, 0.2) is 5.43 Å². The second-order valence-corrected chi connectivity index (χ2v) is 7.46. The molecule has 3 rings (SSSR count). The maximum atomic E-state index is 12.8. The number of pyridine rings is 2. The second kappa shape index (κ2) is 9.30. The molecule has 0 unspecified atom stereocenters. The van der Waals surface area contributed by atoms with Crippen molar-refractivity contribution in [3.8, 4) is 11.6 Å². The maximum Gasteiger partial charge on any atom is 0.227 e. The number of hydrogen-bond donors (Lipinski definition) is 3. The van der Waals surface area contributed by atoms with Crippen molar-refractivity contribution in [2.24, 2.45) is 5.92 Å². The molecule has 0 aliphatic heterocycles. The molecule has 0 saturated heterocycles. The zero-order chi connectivity index (χ0) is 21.1. The van der Waals surface area contributed by atoms with Gasteiger partial charge in [0.2, 0.25) is 5.88 Å². The molecule has 2 heterocycles. The van der Waals surface area contributed by atoms with Crippen molar-refractivity contribution in [1.29, 1.82) is 0 Å². The number of fused-ring (bicyclic) bond motifs is 1. The summed E-state index contributed by atoms with van der Waals surface area (Å²) in [6, 6.07) is 6.13. The first-order chi connectivity index (χ1) is 13.9. The van der Waals surface area contributed by atoms with Gasteiger partial charge in [-0.25, -0.2) is 4.98 Å². The number of aliphatic hydroxyl groups excluding tert-OH is 3. The van der Waals surface area contributed by atoms with Gasteiger partial charge in [0.1, 0.15) is 5.39 Å². The number of benzene rings is 1. The summed E-state index contributed by atoms with van der Waals surface area (Å²) in [6.45, 7) is -1.13. The molecule has 0 atom stereocenters. The Bertz CT molecular complexity index is 1080. The Labute approximate surface area is 180 Å². The van der Waals surface area contributed by atoms with Gasteiger partial charge >= 0.3 is 0 Å². The lowest BCUT2D eigenvalue weighted by Gasteiger charge is -2.20. The van der Waals surface area contributed by atoms with Crippen LogP contribution in [-0.4, -0.2) is 44.7 Å². The SMILES string of the molecule is O=c1cc(CO)n(-c2c(Cl)cccc2Cl)c2c(Cl)cnc(OCC(CO)CO)c12. The van der Waals surface area contributed by atoms with Gasteiger partial charge in [0.05, 0.1) is 64.6 Å². The van der Waals surface area contributed by atoms with E-state index in [2.05, 4.69) is 4.98 Å². The molecule has 2 aromatic heterocycles. The van der Waals surface area contributed by atoms with Crippen molar-refractivity contribution in [2.45, 2.75) is 6.61 Å². The Morgan fingerprint density at radius 1 is 1.07 bits per heavy atom. The highest BCUT2D eigenvalue weighted by Crippen LogP contribution is 2.36. The average molecular weight is 460 g/mol. The predicted molar refractivity (Wildman–Crippen MR) is 111 cm³/mol. The van der Waals surface area contributed by atoms with Gasteiger partial charge in [-0.2, -0.15) is 0 Å². The quantitative estimate of drug-likeness (QED) is 0.502. The molecule has 0 spiro atoms. The van der Waals surface area contributed by atoms with E-state index in [0.29, 0.717) is 5.69 Å². The van der Waals surface area contributed by atoms with E-state index in [4.69, 9.17) is 39.5 Å². The molecular weight excluding hydrogens is 443 g/mol. The normalized spacial score (nSPS) is 11.4. The number of hydrogen-bond acceptors (Lipinski definition) is 6. The van der Waals surface area contributed by atoms with Crippen molar-refractivity contribution < 1.29 is 20.1 Å². The minimum Gasteiger partial charge on any atom is -0.477 e. The molecule has 0 amide bonds. The molecule has 3 N–H and O–H groups in total. The van der Waals surface area contributed by atoms with Gasteiger partial charge in [0, 0.05) is 12.0 Å². The van der Waals surface area contributed by atoms with Crippen LogP contribution in [0.15, 0.2) is 35.3 Å². The smallest absolute Gasteiger partial charge is 0.227 e. The topological polar surface area (TPSA) is 105 Å². The summed E-state index contributed by atoms with van der Waals surface area (Å²) in [7, 11) is 0. The summed E-state index contributed by atoms with van der Waals surface area (Å²) >= 11 is 19.1. The Hall–Kier alpha value is -1.87. The van der Waals surface area contributed by atoms with E-state index in [1.165, 1.54) is 16.8 Å². The summed E-state index contributed by atoms with van der Waals surface area (Å²) < 4.78 is 7.09. The molecule has 154 valence electrons. The third-order valence-electron chi connectivity index (χ3n) is 4.32. The molecule has 0 aliphatic rings. The summed E-state index contributed by atoms with van der Waals surface area (Å²) in [5.41, 5.74) is 0.304. The molecule has 7 nitrogen and oxygen atoms in total. The lowest BCUT2D eigenvalue weighted by atomic mass is 10.1. The predicted octanol–water partition coefficient (Wildman–Crippen LogP) is 2.82. The molecule has 0 fully saturated rings. The first-order valence-electron chi connectivity index (χ1n) is 8.55. The van der Waals surface area contributed by atoms with Crippen LogP contribution in [0.4, 0.5) is 0 Å². The van der Waals surface area contributed by atoms with Gasteiger partial charge in [-0.3, -0.25) is 4.79 Å². The molecule has 0 aliphatic carbocycles. The highest BCUT2D eigenvalue weighted by molar-refractivity contribution is 6.38. The van der Waals surface area contributed by atoms with E-state index in [1.807, 2.05) is 0 Å². The van der Waals surface area contributed by atoms with Crippen molar-refractivity contribution in [3.05, 3.63) is 61.4 Å². The zero-order valence-corrected chi connectivity index (χ0v) is 17.2. The van der Waals surface area contributed by atoms with Crippen LogP contribution in [0.25, 0.3) is 16.6 Å². The Kier molecular flexibility index (Phi) is 7.00. The maximum absolute atomic E-state index is 12.8. The molecule has 10 heteroatoms. The monoisotopic (exact) mass is 458 g/mol. The number of rotatable bonds is 7. The first-order valence-corrected chi connectivity index (χ1v) is 9.69. The largest absolute Gasteiger partial charge is 0.477 e. The standard InChI is InChI=1S/C19H17Cl3N2O5/c20-12-2-1-3-13(21)17(12)24-11(8-27)4-15(28)16-18(24)14(22)5-23-19(16)29-9-10(6-25)7-26/h1-5,10,25-27H,6-9H2. The molecule has 3 aromatic rings. The summed E-state index contributed by atoms with van der Waals surface area (Å²) in [4.78, 5) is 16.9. The first kappa shape index (κ1) is 21.8. The fraction of sp³-hybridized carbons (Fsp3) is 0.263. The van der Waals surface area contributed by atoms with Crippen molar-refractivity contribution in [2.75, 3.05) is 19.8 Å². The van der Waals surface area contributed by atoms with Crippen molar-refractivity contribution in [3.63, 3.8) is 0 Å². The second-order valence-electron chi connectivity index (χ2n) is 6.24.